The van der Waals surface area contributed by atoms with Gasteiger partial charge >= 0.3 is 0 Å². The highest BCUT2D eigenvalue weighted by Crippen LogP contribution is 1.99. The van der Waals surface area contributed by atoms with Crippen LogP contribution in [0.3, 0.4) is 0 Å². The quantitative estimate of drug-likeness (QED) is 0.549. The molecule has 0 saturated heterocycles. The summed E-state index contributed by atoms with van der Waals surface area (Å²) in [5, 5.41) is 11.2. The van der Waals surface area contributed by atoms with E-state index < -0.39 is 0 Å². The lowest BCUT2D eigenvalue weighted by atomic mass is 10.5. The van der Waals surface area contributed by atoms with Crippen molar-refractivity contribution in [1.82, 2.24) is 19.8 Å². The van der Waals surface area contributed by atoms with E-state index in [4.69, 9.17) is 0 Å². The van der Waals surface area contributed by atoms with Gasteiger partial charge in [0.25, 0.3) is 5.56 Å². The van der Waals surface area contributed by atoms with Gasteiger partial charge in [0, 0.05) is 0 Å². The monoisotopic (exact) mass is 168 g/mol. The minimum atomic E-state index is -0.198. The zero-order valence-electron chi connectivity index (χ0n) is 5.68. The second kappa shape index (κ2) is 2.09. The van der Waals surface area contributed by atoms with Crippen LogP contribution in [0.2, 0.25) is 0 Å². The summed E-state index contributed by atoms with van der Waals surface area (Å²) in [6.45, 7) is 1.61. The van der Waals surface area contributed by atoms with Crippen LogP contribution in [0.15, 0.2) is 10.3 Å². The fourth-order valence-corrected chi connectivity index (χ4v) is 1.29. The molecule has 0 N–H and O–H groups in total. The normalized spacial score (nSPS) is 10.6. The van der Waals surface area contributed by atoms with Crippen LogP contribution in [-0.4, -0.2) is 19.8 Å². The Labute approximate surface area is 65.3 Å². The van der Waals surface area contributed by atoms with E-state index in [1.54, 1.807) is 12.4 Å². The average molecular weight is 168 g/mol. The maximum Gasteiger partial charge on any atom is 0.296 e. The second-order valence-corrected chi connectivity index (χ2v) is 2.84. The minimum Gasteiger partial charge on any atom is -0.265 e. The van der Waals surface area contributed by atoms with Crippen molar-refractivity contribution in [3.05, 3.63) is 21.6 Å². The number of aryl methyl sites for hydroxylation is 1. The van der Waals surface area contributed by atoms with Crippen molar-refractivity contribution in [2.24, 2.45) is 0 Å². The summed E-state index contributed by atoms with van der Waals surface area (Å²) in [7, 11) is 0. The van der Waals surface area contributed by atoms with Gasteiger partial charge in [-0.2, -0.15) is 9.61 Å². The van der Waals surface area contributed by atoms with Crippen molar-refractivity contribution in [1.29, 1.82) is 0 Å². The summed E-state index contributed by atoms with van der Waals surface area (Å²) in [4.78, 5) is 11.7. The van der Waals surface area contributed by atoms with E-state index >= 15 is 0 Å². The molecule has 0 aliphatic carbocycles. The molecule has 0 aliphatic rings. The van der Waals surface area contributed by atoms with Gasteiger partial charge < -0.3 is 0 Å². The van der Waals surface area contributed by atoms with Crippen molar-refractivity contribution in [2.75, 3.05) is 0 Å². The lowest BCUT2D eigenvalue weighted by Gasteiger charge is -1.88. The maximum atomic E-state index is 11.2. The van der Waals surface area contributed by atoms with Crippen LogP contribution < -0.4 is 5.56 Å². The summed E-state index contributed by atoms with van der Waals surface area (Å²) in [6.07, 6.45) is 0. The van der Waals surface area contributed by atoms with Crippen LogP contribution >= 0.6 is 11.3 Å². The molecule has 0 aromatic carbocycles. The lowest BCUT2D eigenvalue weighted by Crippen LogP contribution is -2.18. The first-order valence-electron chi connectivity index (χ1n) is 2.95. The van der Waals surface area contributed by atoms with Crippen molar-refractivity contribution >= 4 is 16.3 Å². The summed E-state index contributed by atoms with van der Waals surface area (Å²) in [6, 6.07) is 0. The van der Waals surface area contributed by atoms with Crippen LogP contribution in [0, 0.1) is 6.92 Å². The van der Waals surface area contributed by atoms with Crippen molar-refractivity contribution in [3.8, 4) is 0 Å². The van der Waals surface area contributed by atoms with Crippen LogP contribution in [0.25, 0.3) is 4.96 Å². The van der Waals surface area contributed by atoms with Gasteiger partial charge in [0.1, 0.15) is 11.2 Å². The summed E-state index contributed by atoms with van der Waals surface area (Å²) >= 11 is 1.29. The average Bonchev–Trinajstić information content (AvgIpc) is 2.45. The fourth-order valence-electron chi connectivity index (χ4n) is 0.736. The van der Waals surface area contributed by atoms with E-state index in [0.717, 1.165) is 0 Å². The highest BCUT2D eigenvalue weighted by molar-refractivity contribution is 7.14. The van der Waals surface area contributed by atoms with Crippen LogP contribution in [0.5, 0.6) is 0 Å². The van der Waals surface area contributed by atoms with E-state index in [1.165, 1.54) is 15.9 Å². The molecule has 0 radical (unpaired) electrons. The zero-order chi connectivity index (χ0) is 7.84. The zero-order valence-corrected chi connectivity index (χ0v) is 6.50. The van der Waals surface area contributed by atoms with Crippen LogP contribution in [0.1, 0.15) is 5.69 Å². The highest BCUT2D eigenvalue weighted by atomic mass is 32.1. The van der Waals surface area contributed by atoms with Crippen LogP contribution in [-0.2, 0) is 0 Å². The van der Waals surface area contributed by atoms with E-state index in [-0.39, 0.29) is 5.56 Å². The molecule has 11 heavy (non-hydrogen) atoms. The Bertz CT molecular complexity index is 445. The van der Waals surface area contributed by atoms with Gasteiger partial charge in [-0.25, -0.2) is 0 Å². The maximum absolute atomic E-state index is 11.2. The number of hydrogen-bond donors (Lipinski definition) is 0. The molecule has 5 nitrogen and oxygen atoms in total. The Morgan fingerprint density at radius 3 is 3.18 bits per heavy atom. The molecule has 0 fully saturated rings. The number of nitrogens with zero attached hydrogens (tertiary/aromatic N) is 4. The van der Waals surface area contributed by atoms with Gasteiger partial charge in [-0.15, -0.1) is 10.2 Å². The Kier molecular flexibility index (Phi) is 1.22. The first kappa shape index (κ1) is 6.41. The van der Waals surface area contributed by atoms with Gasteiger partial charge in [-0.1, -0.05) is 11.3 Å². The van der Waals surface area contributed by atoms with Crippen molar-refractivity contribution in [2.45, 2.75) is 6.92 Å². The molecule has 0 unspecified atom stereocenters. The molecule has 0 bridgehead atoms. The molecular formula is C5H4N4OS. The molecule has 6 heteroatoms. The first-order chi connectivity index (χ1) is 5.29. The third-order valence-electron chi connectivity index (χ3n) is 1.29. The van der Waals surface area contributed by atoms with E-state index in [0.29, 0.717) is 10.7 Å². The van der Waals surface area contributed by atoms with Gasteiger partial charge in [-0.05, 0) is 6.92 Å². The van der Waals surface area contributed by atoms with E-state index in [2.05, 4.69) is 15.3 Å². The molecular weight excluding hydrogens is 164 g/mol. The number of hydrogen-bond acceptors (Lipinski definition) is 5. The van der Waals surface area contributed by atoms with Gasteiger partial charge in [-0.3, -0.25) is 4.79 Å². The Balaban J connectivity index is 3.05. The highest BCUT2D eigenvalue weighted by Gasteiger charge is 2.02. The standard InChI is InChI=1S/C5H4N4OS/c1-3-4(10)9-5(8-7-3)11-2-6-9/h2H,1H3. The van der Waals surface area contributed by atoms with Crippen LogP contribution in [0.4, 0.5) is 0 Å². The second-order valence-electron chi connectivity index (χ2n) is 2.02. The Morgan fingerprint density at radius 1 is 1.55 bits per heavy atom. The Hall–Kier alpha value is -1.30. The molecule has 2 rings (SSSR count). The smallest absolute Gasteiger partial charge is 0.265 e. The first-order valence-corrected chi connectivity index (χ1v) is 3.83. The summed E-state index contributed by atoms with van der Waals surface area (Å²) in [5.41, 5.74) is 1.73. The molecule has 2 aromatic heterocycles. The third kappa shape index (κ3) is 0.829. The fraction of sp³-hybridized carbons (Fsp3) is 0.200. The van der Waals surface area contributed by atoms with E-state index in [9.17, 15) is 4.79 Å². The molecule has 2 aromatic rings. The Morgan fingerprint density at radius 2 is 2.36 bits per heavy atom. The predicted molar refractivity (Wildman–Crippen MR) is 39.7 cm³/mol. The number of rotatable bonds is 0. The molecule has 0 amide bonds. The molecule has 0 atom stereocenters. The molecule has 2 heterocycles. The molecule has 0 saturated carbocycles. The minimum absolute atomic E-state index is 0.198. The largest absolute Gasteiger partial charge is 0.296 e. The van der Waals surface area contributed by atoms with Crippen molar-refractivity contribution < 1.29 is 0 Å². The SMILES string of the molecule is Cc1nnc2scnn2c1=O. The van der Waals surface area contributed by atoms with Gasteiger partial charge in [0.2, 0.25) is 4.96 Å². The third-order valence-corrected chi connectivity index (χ3v) is 1.95. The number of fused-ring (bicyclic) bond motifs is 1. The lowest BCUT2D eigenvalue weighted by molar-refractivity contribution is 0.827. The number of aromatic nitrogens is 4. The molecule has 0 spiro atoms. The molecule has 56 valence electrons. The van der Waals surface area contributed by atoms with E-state index in [1.807, 2.05) is 0 Å². The van der Waals surface area contributed by atoms with Crippen molar-refractivity contribution in [3.63, 3.8) is 0 Å². The van der Waals surface area contributed by atoms with Gasteiger partial charge in [0.05, 0.1) is 0 Å². The van der Waals surface area contributed by atoms with Gasteiger partial charge in [0.15, 0.2) is 0 Å². The predicted octanol–water partition coefficient (Wildman–Crippen LogP) is -0.146. The molecule has 0 aliphatic heterocycles. The summed E-state index contributed by atoms with van der Waals surface area (Å²) < 4.78 is 1.24. The summed E-state index contributed by atoms with van der Waals surface area (Å²) in [5.74, 6) is 0. The topological polar surface area (TPSA) is 60.1 Å².